The zero-order valence-electron chi connectivity index (χ0n) is 9.81. The summed E-state index contributed by atoms with van der Waals surface area (Å²) in [4.78, 5) is 25.1. The van der Waals surface area contributed by atoms with E-state index in [2.05, 4.69) is 0 Å². The number of benzene rings is 1. The average molecular weight is 233 g/mol. The maximum Gasteiger partial charge on any atom is 0.254 e. The van der Waals surface area contributed by atoms with Crippen LogP contribution < -0.4 is 0 Å². The summed E-state index contributed by atoms with van der Waals surface area (Å²) < 4.78 is 5.20. The van der Waals surface area contributed by atoms with Gasteiger partial charge in [0.2, 0.25) is 0 Å². The Morgan fingerprint density at radius 2 is 1.82 bits per heavy atom. The molecule has 1 amide bonds. The van der Waals surface area contributed by atoms with Crippen molar-refractivity contribution in [2.24, 2.45) is 0 Å². The van der Waals surface area contributed by atoms with Crippen LogP contribution in [0.4, 0.5) is 0 Å². The van der Waals surface area contributed by atoms with Gasteiger partial charge in [-0.1, -0.05) is 12.1 Å². The summed E-state index contributed by atoms with van der Waals surface area (Å²) in [6.45, 7) is 3.89. The Hall–Kier alpha value is -1.68. The summed E-state index contributed by atoms with van der Waals surface area (Å²) in [5.74, 6) is -0.0574. The first-order valence-electron chi connectivity index (χ1n) is 5.66. The van der Waals surface area contributed by atoms with Crippen molar-refractivity contribution in [3.8, 4) is 0 Å². The highest BCUT2D eigenvalue weighted by Gasteiger charge is 2.18. The van der Waals surface area contributed by atoms with Gasteiger partial charge in [0.1, 0.15) is 0 Å². The van der Waals surface area contributed by atoms with Gasteiger partial charge >= 0.3 is 0 Å². The van der Waals surface area contributed by atoms with E-state index in [1.54, 1.807) is 29.2 Å². The first-order chi connectivity index (χ1) is 8.18. The van der Waals surface area contributed by atoms with E-state index in [0.29, 0.717) is 37.4 Å². The van der Waals surface area contributed by atoms with Crippen LogP contribution in [0.25, 0.3) is 0 Å². The predicted octanol–water partition coefficient (Wildman–Crippen LogP) is 1.36. The van der Waals surface area contributed by atoms with E-state index in [4.69, 9.17) is 4.74 Å². The summed E-state index contributed by atoms with van der Waals surface area (Å²) in [5.41, 5.74) is 1.14. The first kappa shape index (κ1) is 11.8. The Balaban J connectivity index is 2.18. The number of hydrogen-bond donors (Lipinski definition) is 0. The second kappa shape index (κ2) is 5.10. The number of ketones is 1. The summed E-state index contributed by atoms with van der Waals surface area (Å²) in [6, 6.07) is 6.85. The van der Waals surface area contributed by atoms with Gasteiger partial charge in [0.25, 0.3) is 5.91 Å². The molecule has 4 heteroatoms. The fourth-order valence-electron chi connectivity index (χ4n) is 1.82. The van der Waals surface area contributed by atoms with E-state index in [0.717, 1.165) is 0 Å². The third-order valence-corrected chi connectivity index (χ3v) is 2.81. The molecule has 0 bridgehead atoms. The van der Waals surface area contributed by atoms with Crippen LogP contribution in [0.15, 0.2) is 24.3 Å². The molecule has 17 heavy (non-hydrogen) atoms. The van der Waals surface area contributed by atoms with Crippen molar-refractivity contribution in [2.45, 2.75) is 6.92 Å². The second-order valence-electron chi connectivity index (χ2n) is 4.04. The molecule has 1 aromatic rings. The Labute approximate surface area is 100 Å². The predicted molar refractivity (Wildman–Crippen MR) is 63.2 cm³/mol. The van der Waals surface area contributed by atoms with Gasteiger partial charge in [-0.2, -0.15) is 0 Å². The van der Waals surface area contributed by atoms with Gasteiger partial charge in [-0.05, 0) is 19.1 Å². The maximum atomic E-state index is 12.1. The summed E-state index contributed by atoms with van der Waals surface area (Å²) in [5, 5.41) is 0. The van der Waals surface area contributed by atoms with E-state index in [1.807, 2.05) is 0 Å². The molecule has 0 atom stereocenters. The molecule has 1 aromatic carbocycles. The zero-order chi connectivity index (χ0) is 12.3. The highest BCUT2D eigenvalue weighted by Crippen LogP contribution is 2.10. The lowest BCUT2D eigenvalue weighted by Gasteiger charge is -2.26. The van der Waals surface area contributed by atoms with Crippen LogP contribution in [0, 0.1) is 0 Å². The van der Waals surface area contributed by atoms with Crippen LogP contribution >= 0.6 is 0 Å². The zero-order valence-corrected chi connectivity index (χ0v) is 9.81. The van der Waals surface area contributed by atoms with Gasteiger partial charge in [0.05, 0.1) is 13.2 Å². The van der Waals surface area contributed by atoms with Crippen molar-refractivity contribution in [2.75, 3.05) is 26.3 Å². The standard InChI is InChI=1S/C13H15NO3/c1-10(15)11-3-2-4-12(9-11)13(16)14-5-7-17-8-6-14/h2-4,9H,5-8H2,1H3. The van der Waals surface area contributed by atoms with Crippen molar-refractivity contribution in [3.05, 3.63) is 35.4 Å². The minimum absolute atomic E-state index is 0.0263. The summed E-state index contributed by atoms with van der Waals surface area (Å²) >= 11 is 0. The largest absolute Gasteiger partial charge is 0.378 e. The number of carbonyl (C=O) groups is 2. The molecule has 0 spiro atoms. The number of ether oxygens (including phenoxy) is 1. The molecule has 90 valence electrons. The van der Waals surface area contributed by atoms with E-state index in [1.165, 1.54) is 6.92 Å². The SMILES string of the molecule is CC(=O)c1cccc(C(=O)N2CCOCC2)c1. The fourth-order valence-corrected chi connectivity index (χ4v) is 1.82. The van der Waals surface area contributed by atoms with E-state index in [9.17, 15) is 9.59 Å². The smallest absolute Gasteiger partial charge is 0.254 e. The number of hydrogen-bond acceptors (Lipinski definition) is 3. The normalized spacial score (nSPS) is 15.7. The second-order valence-corrected chi connectivity index (χ2v) is 4.04. The lowest BCUT2D eigenvalue weighted by molar-refractivity contribution is 0.0303. The molecule has 1 aliphatic rings. The van der Waals surface area contributed by atoms with Crippen molar-refractivity contribution in [1.29, 1.82) is 0 Å². The van der Waals surface area contributed by atoms with Crippen molar-refractivity contribution < 1.29 is 14.3 Å². The minimum Gasteiger partial charge on any atom is -0.378 e. The van der Waals surface area contributed by atoms with Gasteiger partial charge in [0.15, 0.2) is 5.78 Å². The maximum absolute atomic E-state index is 12.1. The first-order valence-corrected chi connectivity index (χ1v) is 5.66. The number of Topliss-reactive ketones (excluding diaryl/α,β-unsaturated/α-hetero) is 1. The van der Waals surface area contributed by atoms with E-state index in [-0.39, 0.29) is 11.7 Å². The van der Waals surface area contributed by atoms with Gasteiger partial charge in [-0.3, -0.25) is 9.59 Å². The van der Waals surface area contributed by atoms with Gasteiger partial charge < -0.3 is 9.64 Å². The Morgan fingerprint density at radius 3 is 2.47 bits per heavy atom. The molecule has 2 rings (SSSR count). The topological polar surface area (TPSA) is 46.6 Å². The quantitative estimate of drug-likeness (QED) is 0.725. The number of rotatable bonds is 2. The monoisotopic (exact) mass is 233 g/mol. The molecule has 0 unspecified atom stereocenters. The molecule has 1 aliphatic heterocycles. The van der Waals surface area contributed by atoms with Crippen LogP contribution in [0.2, 0.25) is 0 Å². The van der Waals surface area contributed by atoms with Gasteiger partial charge in [-0.15, -0.1) is 0 Å². The average Bonchev–Trinajstić information content (AvgIpc) is 2.39. The lowest BCUT2D eigenvalue weighted by Crippen LogP contribution is -2.40. The Morgan fingerprint density at radius 1 is 1.18 bits per heavy atom. The molecule has 0 radical (unpaired) electrons. The number of nitrogens with zero attached hydrogens (tertiary/aromatic N) is 1. The molecule has 1 saturated heterocycles. The van der Waals surface area contributed by atoms with E-state index >= 15 is 0 Å². The van der Waals surface area contributed by atoms with Crippen molar-refractivity contribution in [1.82, 2.24) is 4.90 Å². The molecule has 0 aromatic heterocycles. The van der Waals surface area contributed by atoms with Crippen LogP contribution in [-0.2, 0) is 4.74 Å². The summed E-state index contributed by atoms with van der Waals surface area (Å²) in [7, 11) is 0. The minimum atomic E-state index is -0.0311. The highest BCUT2D eigenvalue weighted by molar-refractivity contribution is 5.99. The molecule has 4 nitrogen and oxygen atoms in total. The van der Waals surface area contributed by atoms with Crippen molar-refractivity contribution >= 4 is 11.7 Å². The highest BCUT2D eigenvalue weighted by atomic mass is 16.5. The number of amides is 1. The molecular formula is C13H15NO3. The lowest BCUT2D eigenvalue weighted by atomic mass is 10.1. The molecule has 0 aliphatic carbocycles. The molecule has 0 saturated carbocycles. The van der Waals surface area contributed by atoms with E-state index < -0.39 is 0 Å². The fraction of sp³-hybridized carbons (Fsp3) is 0.385. The number of morpholine rings is 1. The van der Waals surface area contributed by atoms with Gasteiger partial charge in [0, 0.05) is 24.2 Å². The molecule has 1 heterocycles. The molecular weight excluding hydrogens is 218 g/mol. The third kappa shape index (κ3) is 2.71. The van der Waals surface area contributed by atoms with Gasteiger partial charge in [-0.25, -0.2) is 0 Å². The number of carbonyl (C=O) groups excluding carboxylic acids is 2. The van der Waals surface area contributed by atoms with Crippen LogP contribution in [0.3, 0.4) is 0 Å². The Kier molecular flexibility index (Phi) is 3.54. The van der Waals surface area contributed by atoms with Crippen LogP contribution in [0.1, 0.15) is 27.6 Å². The third-order valence-electron chi connectivity index (χ3n) is 2.81. The summed E-state index contributed by atoms with van der Waals surface area (Å²) in [6.07, 6.45) is 0. The Bertz CT molecular complexity index is 436. The van der Waals surface area contributed by atoms with Crippen LogP contribution in [0.5, 0.6) is 0 Å². The molecule has 0 N–H and O–H groups in total. The molecule has 1 fully saturated rings. The van der Waals surface area contributed by atoms with Crippen molar-refractivity contribution in [3.63, 3.8) is 0 Å². The van der Waals surface area contributed by atoms with Crippen LogP contribution in [-0.4, -0.2) is 42.9 Å².